The summed E-state index contributed by atoms with van der Waals surface area (Å²) < 4.78 is 25.1. The van der Waals surface area contributed by atoms with Crippen LogP contribution in [-0.4, -0.2) is 16.4 Å². The van der Waals surface area contributed by atoms with Crippen LogP contribution in [0.3, 0.4) is 0 Å². The average molecular weight is 296 g/mol. The summed E-state index contributed by atoms with van der Waals surface area (Å²) in [6.07, 6.45) is 0.340. The number of alkyl halides is 2. The first kappa shape index (κ1) is 10.8. The van der Waals surface area contributed by atoms with Crippen LogP contribution in [0.15, 0.2) is 16.9 Å². The smallest absolute Gasteiger partial charge is 0.242 e. The molecule has 15 heavy (non-hydrogen) atoms. The molecule has 2 nitrogen and oxygen atoms in total. The van der Waals surface area contributed by atoms with Crippen molar-refractivity contribution in [3.05, 3.63) is 27.5 Å². The number of nitrogens with zero attached hydrogens (tertiary/aromatic N) is 1. The second kappa shape index (κ2) is 4.06. The van der Waals surface area contributed by atoms with Crippen molar-refractivity contribution in [3.63, 3.8) is 0 Å². The Morgan fingerprint density at radius 1 is 1.53 bits per heavy atom. The Morgan fingerprint density at radius 2 is 2.27 bits per heavy atom. The summed E-state index contributed by atoms with van der Waals surface area (Å²) in [6, 6.07) is 0. The number of halogens is 4. The SMILES string of the molecule is FC(F)Cc1c[nH]c2ncc(Br)c(Cl)c12. The van der Waals surface area contributed by atoms with Crippen molar-refractivity contribution in [3.8, 4) is 0 Å². The fourth-order valence-electron chi connectivity index (χ4n) is 1.42. The lowest BCUT2D eigenvalue weighted by molar-refractivity contribution is 0.149. The third-order valence-electron chi connectivity index (χ3n) is 2.05. The highest BCUT2D eigenvalue weighted by atomic mass is 79.9. The topological polar surface area (TPSA) is 28.7 Å². The zero-order valence-electron chi connectivity index (χ0n) is 7.40. The molecule has 0 saturated carbocycles. The molecule has 0 aromatic carbocycles. The molecule has 0 radical (unpaired) electrons. The summed E-state index contributed by atoms with van der Waals surface area (Å²) >= 11 is 9.21. The molecule has 80 valence electrons. The molecule has 0 bridgehead atoms. The van der Waals surface area contributed by atoms with E-state index in [9.17, 15) is 8.78 Å². The van der Waals surface area contributed by atoms with Gasteiger partial charge in [0, 0.05) is 24.2 Å². The van der Waals surface area contributed by atoms with Crippen LogP contribution >= 0.6 is 27.5 Å². The summed E-state index contributed by atoms with van der Waals surface area (Å²) in [4.78, 5) is 6.85. The first-order valence-electron chi connectivity index (χ1n) is 4.17. The first-order chi connectivity index (χ1) is 7.09. The number of H-pyrrole nitrogens is 1. The van der Waals surface area contributed by atoms with E-state index >= 15 is 0 Å². The molecule has 0 unspecified atom stereocenters. The number of aromatic nitrogens is 2. The third-order valence-corrected chi connectivity index (χ3v) is 3.27. The van der Waals surface area contributed by atoms with Crippen molar-refractivity contribution in [2.75, 3.05) is 0 Å². The molecule has 6 heteroatoms. The molecule has 0 spiro atoms. The molecule has 0 aliphatic heterocycles. The largest absolute Gasteiger partial charge is 0.346 e. The number of nitrogens with one attached hydrogen (secondary N) is 1. The monoisotopic (exact) mass is 294 g/mol. The second-order valence-corrected chi connectivity index (χ2v) is 4.29. The van der Waals surface area contributed by atoms with Crippen molar-refractivity contribution in [2.45, 2.75) is 12.8 Å². The van der Waals surface area contributed by atoms with Gasteiger partial charge in [0.25, 0.3) is 0 Å². The van der Waals surface area contributed by atoms with Gasteiger partial charge in [0.15, 0.2) is 0 Å². The minimum atomic E-state index is -2.39. The van der Waals surface area contributed by atoms with E-state index in [0.29, 0.717) is 26.1 Å². The maximum absolute atomic E-state index is 12.3. The lowest BCUT2D eigenvalue weighted by Gasteiger charge is -2.01. The highest BCUT2D eigenvalue weighted by Crippen LogP contribution is 2.32. The Bertz CT molecular complexity index is 498. The Balaban J connectivity index is 2.61. The van der Waals surface area contributed by atoms with Crippen molar-refractivity contribution < 1.29 is 8.78 Å². The maximum atomic E-state index is 12.3. The zero-order chi connectivity index (χ0) is 11.0. The van der Waals surface area contributed by atoms with E-state index in [2.05, 4.69) is 25.9 Å². The molecule has 0 saturated heterocycles. The molecule has 2 aromatic rings. The Morgan fingerprint density at radius 3 is 2.93 bits per heavy atom. The number of hydrogen-bond acceptors (Lipinski definition) is 1. The minimum Gasteiger partial charge on any atom is -0.346 e. The highest BCUT2D eigenvalue weighted by Gasteiger charge is 2.14. The van der Waals surface area contributed by atoms with Gasteiger partial charge in [-0.15, -0.1) is 0 Å². The van der Waals surface area contributed by atoms with Gasteiger partial charge in [-0.05, 0) is 21.5 Å². The lowest BCUT2D eigenvalue weighted by Crippen LogP contribution is -1.95. The minimum absolute atomic E-state index is 0.322. The van der Waals surface area contributed by atoms with Crippen molar-refractivity contribution in [1.29, 1.82) is 0 Å². The summed E-state index contributed by atoms with van der Waals surface area (Å²) in [5, 5.41) is 0.975. The molecule has 1 N–H and O–H groups in total. The molecule has 0 atom stereocenters. The third kappa shape index (κ3) is 1.99. The number of rotatable bonds is 2. The zero-order valence-corrected chi connectivity index (χ0v) is 9.74. The fraction of sp³-hybridized carbons (Fsp3) is 0.222. The number of aromatic amines is 1. The van der Waals surface area contributed by atoms with Crippen LogP contribution in [0.4, 0.5) is 8.78 Å². The molecular weight excluding hydrogens is 289 g/mol. The van der Waals surface area contributed by atoms with Gasteiger partial charge in [0.05, 0.1) is 9.50 Å². The predicted octanol–water partition coefficient (Wildman–Crippen LogP) is 3.79. The number of fused-ring (bicyclic) bond motifs is 1. The summed E-state index contributed by atoms with van der Waals surface area (Å²) in [5.74, 6) is 0. The van der Waals surface area contributed by atoms with E-state index in [-0.39, 0.29) is 6.42 Å². The van der Waals surface area contributed by atoms with Crippen LogP contribution < -0.4 is 0 Å². The molecule has 2 rings (SSSR count). The second-order valence-electron chi connectivity index (χ2n) is 3.05. The van der Waals surface area contributed by atoms with E-state index in [1.807, 2.05) is 0 Å². The average Bonchev–Trinajstić information content (AvgIpc) is 2.55. The molecule has 0 aliphatic rings. The standard InChI is InChI=1S/C9H6BrClF2N2/c10-5-3-15-9-7(8(5)11)4(2-14-9)1-6(12)13/h2-3,6H,1H2,(H,14,15). The predicted molar refractivity (Wildman–Crippen MR) is 58.5 cm³/mol. The van der Waals surface area contributed by atoms with E-state index in [1.165, 1.54) is 12.4 Å². The van der Waals surface area contributed by atoms with Gasteiger partial charge in [-0.1, -0.05) is 11.6 Å². The molecule has 0 aliphatic carbocycles. The van der Waals surface area contributed by atoms with Gasteiger partial charge in [-0.25, -0.2) is 13.8 Å². The molecule has 0 fully saturated rings. The highest BCUT2D eigenvalue weighted by molar-refractivity contribution is 9.10. The Labute approximate surface area is 97.8 Å². The van der Waals surface area contributed by atoms with Crippen LogP contribution in [0.25, 0.3) is 11.0 Å². The molecule has 2 heterocycles. The summed E-state index contributed by atoms with van der Waals surface area (Å²) in [6.45, 7) is 0. The van der Waals surface area contributed by atoms with Crippen LogP contribution in [0, 0.1) is 0 Å². The fourth-order valence-corrected chi connectivity index (χ4v) is 1.98. The van der Waals surface area contributed by atoms with E-state index in [4.69, 9.17) is 11.6 Å². The quantitative estimate of drug-likeness (QED) is 0.897. The van der Waals surface area contributed by atoms with E-state index in [0.717, 1.165) is 0 Å². The number of pyridine rings is 1. The normalized spacial score (nSPS) is 11.5. The van der Waals surface area contributed by atoms with Gasteiger partial charge in [-0.3, -0.25) is 0 Å². The maximum Gasteiger partial charge on any atom is 0.242 e. The van der Waals surface area contributed by atoms with Gasteiger partial charge in [0.1, 0.15) is 5.65 Å². The molecule has 0 amide bonds. The summed E-state index contributed by atoms with van der Waals surface area (Å²) in [5.41, 5.74) is 1.01. The van der Waals surface area contributed by atoms with Crippen LogP contribution in [0.2, 0.25) is 5.02 Å². The first-order valence-corrected chi connectivity index (χ1v) is 5.34. The van der Waals surface area contributed by atoms with Gasteiger partial charge in [0.2, 0.25) is 6.43 Å². The van der Waals surface area contributed by atoms with Gasteiger partial charge < -0.3 is 4.98 Å². The molecule has 2 aromatic heterocycles. The Kier molecular flexibility index (Phi) is 2.93. The number of hydrogen-bond donors (Lipinski definition) is 1. The van der Waals surface area contributed by atoms with Gasteiger partial charge >= 0.3 is 0 Å². The van der Waals surface area contributed by atoms with Gasteiger partial charge in [-0.2, -0.15) is 0 Å². The van der Waals surface area contributed by atoms with Crippen LogP contribution in [0.5, 0.6) is 0 Å². The summed E-state index contributed by atoms with van der Waals surface area (Å²) in [7, 11) is 0. The van der Waals surface area contributed by atoms with Crippen LogP contribution in [-0.2, 0) is 6.42 Å². The molecular formula is C9H6BrClF2N2. The van der Waals surface area contributed by atoms with Crippen LogP contribution in [0.1, 0.15) is 5.56 Å². The van der Waals surface area contributed by atoms with Crippen molar-refractivity contribution in [1.82, 2.24) is 9.97 Å². The van der Waals surface area contributed by atoms with E-state index in [1.54, 1.807) is 0 Å². The van der Waals surface area contributed by atoms with E-state index < -0.39 is 6.43 Å². The van der Waals surface area contributed by atoms with Crippen molar-refractivity contribution in [2.24, 2.45) is 0 Å². The lowest BCUT2D eigenvalue weighted by atomic mass is 10.1. The van der Waals surface area contributed by atoms with Crippen molar-refractivity contribution >= 4 is 38.6 Å². The Hall–Kier alpha value is -0.680.